The van der Waals surface area contributed by atoms with Crippen LogP contribution in [0.3, 0.4) is 0 Å². The molecule has 2 rings (SSSR count). The summed E-state index contributed by atoms with van der Waals surface area (Å²) in [6.07, 6.45) is 0. The number of nitro benzene ring substituents is 1. The van der Waals surface area contributed by atoms with E-state index >= 15 is 0 Å². The molecule has 0 bridgehead atoms. The molecule has 0 amide bonds. The van der Waals surface area contributed by atoms with E-state index in [1.807, 2.05) is 14.4 Å². The fraction of sp³-hybridized carbons (Fsp3) is 0.522. The van der Waals surface area contributed by atoms with Gasteiger partial charge in [-0.15, -0.1) is 0 Å². The normalized spacial score (nSPS) is 10.9. The maximum absolute atomic E-state index is 11.2. The van der Waals surface area contributed by atoms with Crippen molar-refractivity contribution in [2.24, 2.45) is 0 Å². The minimum absolute atomic E-state index is 0.00854. The molecule has 190 valence electrons. The maximum atomic E-state index is 11.2. The Kier molecular flexibility index (Phi) is 13.1. The van der Waals surface area contributed by atoms with Gasteiger partial charge in [0.05, 0.1) is 67.8 Å². The second kappa shape index (κ2) is 16.1. The number of thioether (sulfide) groups is 1. The Morgan fingerprint density at radius 3 is 2.03 bits per heavy atom. The number of benzene rings is 1. The van der Waals surface area contributed by atoms with Crippen molar-refractivity contribution in [2.45, 2.75) is 11.7 Å². The molecule has 0 spiro atoms. The smallest absolute Gasteiger partial charge is 0.271 e. The topological polar surface area (TPSA) is 148 Å². The minimum Gasteiger partial charge on any atom is -0.395 e. The Morgan fingerprint density at radius 1 is 0.914 bits per heavy atom. The number of hydrogen-bond acceptors (Lipinski definition) is 10. The Balaban J connectivity index is 2.16. The largest absolute Gasteiger partial charge is 0.395 e. The number of nitro groups is 1. The summed E-state index contributed by atoms with van der Waals surface area (Å²) in [5.41, 5.74) is 1.18. The summed E-state index contributed by atoms with van der Waals surface area (Å²) in [4.78, 5) is 18.9. The maximum Gasteiger partial charge on any atom is 0.271 e. The van der Waals surface area contributed by atoms with Crippen molar-refractivity contribution in [1.29, 1.82) is 0 Å². The van der Waals surface area contributed by atoms with Crippen molar-refractivity contribution < 1.29 is 25.3 Å². The van der Waals surface area contributed by atoms with Gasteiger partial charge in [-0.2, -0.15) is 0 Å². The lowest BCUT2D eigenvalue weighted by Gasteiger charge is -2.16. The molecule has 0 atom stereocenters. The van der Waals surface area contributed by atoms with Crippen molar-refractivity contribution in [3.05, 3.63) is 28.3 Å². The fourth-order valence-electron chi connectivity index (χ4n) is 3.20. The van der Waals surface area contributed by atoms with Crippen molar-refractivity contribution in [2.75, 3.05) is 71.4 Å². The van der Waals surface area contributed by atoms with Gasteiger partial charge in [0.2, 0.25) is 0 Å². The lowest BCUT2D eigenvalue weighted by molar-refractivity contribution is -0.384. The van der Waals surface area contributed by atoms with E-state index in [1.165, 1.54) is 23.9 Å². The fourth-order valence-corrected chi connectivity index (χ4v) is 3.99. The summed E-state index contributed by atoms with van der Waals surface area (Å²) in [5.74, 6) is 12.6. The Hall–Kier alpha value is -2.68. The second-order valence-electron chi connectivity index (χ2n) is 7.35. The lowest BCUT2D eigenvalue weighted by Crippen LogP contribution is -2.30. The quantitative estimate of drug-likeness (QED) is 0.116. The number of aromatic nitrogens is 2. The summed E-state index contributed by atoms with van der Waals surface area (Å²) in [6, 6.07) is 4.52. The van der Waals surface area contributed by atoms with Gasteiger partial charge in [0.25, 0.3) is 5.69 Å². The van der Waals surface area contributed by atoms with Gasteiger partial charge in [-0.05, 0) is 6.07 Å². The van der Waals surface area contributed by atoms with Crippen LogP contribution < -0.4 is 0 Å². The van der Waals surface area contributed by atoms with Crippen molar-refractivity contribution in [3.8, 4) is 23.7 Å². The van der Waals surface area contributed by atoms with Crippen LogP contribution in [0.15, 0.2) is 23.4 Å². The lowest BCUT2D eigenvalue weighted by atomic mass is 10.3. The molecule has 0 aliphatic heterocycles. The van der Waals surface area contributed by atoms with Crippen molar-refractivity contribution >= 4 is 28.5 Å². The molecule has 1 aromatic heterocycles. The van der Waals surface area contributed by atoms with Gasteiger partial charge in [0.1, 0.15) is 0 Å². The van der Waals surface area contributed by atoms with E-state index < -0.39 is 4.92 Å². The second-order valence-corrected chi connectivity index (χ2v) is 8.30. The zero-order valence-corrected chi connectivity index (χ0v) is 20.3. The summed E-state index contributed by atoms with van der Waals surface area (Å²) >= 11 is 1.39. The number of hydrogen-bond donors (Lipinski definition) is 4. The zero-order chi connectivity index (χ0) is 25.5. The first kappa shape index (κ1) is 28.6. The summed E-state index contributed by atoms with van der Waals surface area (Å²) in [5, 5.41) is 48.2. The molecule has 11 nitrogen and oxygen atoms in total. The Bertz CT molecular complexity index is 1060. The molecule has 1 aromatic carbocycles. The molecule has 0 radical (unpaired) electrons. The van der Waals surface area contributed by atoms with E-state index in [0.29, 0.717) is 62.2 Å². The van der Waals surface area contributed by atoms with E-state index in [4.69, 9.17) is 20.4 Å². The molecule has 0 unspecified atom stereocenters. The summed E-state index contributed by atoms with van der Waals surface area (Å²) < 4.78 is 1.88. The van der Waals surface area contributed by atoms with Gasteiger partial charge in [0, 0.05) is 38.3 Å². The first-order chi connectivity index (χ1) is 17.0. The molecule has 1 heterocycles. The molecule has 35 heavy (non-hydrogen) atoms. The number of imidazole rings is 1. The SMILES string of the molecule is O=[N+]([O-])c1ccc2c(c1)nc(SCC#CCN(CCO)CCO)n2CC#CCN(CCO)CCO. The van der Waals surface area contributed by atoms with Gasteiger partial charge in [-0.25, -0.2) is 4.98 Å². The van der Waals surface area contributed by atoms with E-state index in [0.717, 1.165) is 5.52 Å². The third kappa shape index (κ3) is 9.47. The van der Waals surface area contributed by atoms with Gasteiger partial charge in [0.15, 0.2) is 5.16 Å². The summed E-state index contributed by atoms with van der Waals surface area (Å²) in [6.45, 7) is 2.78. The summed E-state index contributed by atoms with van der Waals surface area (Å²) in [7, 11) is 0. The predicted octanol–water partition coefficient (Wildman–Crippen LogP) is -0.383. The van der Waals surface area contributed by atoms with Crippen LogP contribution in [0.1, 0.15) is 0 Å². The average Bonchev–Trinajstić information content (AvgIpc) is 3.18. The van der Waals surface area contributed by atoms with Crippen LogP contribution in [0, 0.1) is 33.8 Å². The first-order valence-electron chi connectivity index (χ1n) is 11.1. The third-order valence-electron chi connectivity index (χ3n) is 4.94. The Morgan fingerprint density at radius 2 is 1.49 bits per heavy atom. The Labute approximate surface area is 208 Å². The van der Waals surface area contributed by atoms with Crippen LogP contribution >= 0.6 is 11.8 Å². The van der Waals surface area contributed by atoms with Crippen LogP contribution in [0.5, 0.6) is 0 Å². The minimum atomic E-state index is -0.460. The zero-order valence-electron chi connectivity index (χ0n) is 19.5. The van der Waals surface area contributed by atoms with E-state index in [9.17, 15) is 10.1 Å². The molecule has 0 aliphatic rings. The predicted molar refractivity (Wildman–Crippen MR) is 134 cm³/mol. The highest BCUT2D eigenvalue weighted by Crippen LogP contribution is 2.26. The highest BCUT2D eigenvalue weighted by atomic mass is 32.2. The van der Waals surface area contributed by atoms with Gasteiger partial charge >= 0.3 is 0 Å². The van der Waals surface area contributed by atoms with Crippen LogP contribution in [0.2, 0.25) is 0 Å². The van der Waals surface area contributed by atoms with Crippen LogP contribution in [0.4, 0.5) is 5.69 Å². The monoisotopic (exact) mass is 505 g/mol. The third-order valence-corrected chi connectivity index (χ3v) is 5.80. The van der Waals surface area contributed by atoms with Gasteiger partial charge in [-0.1, -0.05) is 35.4 Å². The standard InChI is InChI=1S/C23H31N5O6S/c29-14-10-25(11-15-30)7-1-2-9-27-22-6-5-20(28(33)34)19-21(22)24-23(27)35-18-4-3-8-26(12-16-31)13-17-32/h5-6,19,29-32H,7-18H2. The molecule has 0 saturated carbocycles. The van der Waals surface area contributed by atoms with E-state index in [-0.39, 0.29) is 32.1 Å². The van der Waals surface area contributed by atoms with Crippen LogP contribution in [-0.2, 0) is 6.54 Å². The number of non-ortho nitro benzene ring substituents is 1. The van der Waals surface area contributed by atoms with Crippen molar-refractivity contribution in [1.82, 2.24) is 19.4 Å². The van der Waals surface area contributed by atoms with Crippen LogP contribution in [0.25, 0.3) is 11.0 Å². The molecular weight excluding hydrogens is 474 g/mol. The van der Waals surface area contributed by atoms with Gasteiger partial charge < -0.3 is 25.0 Å². The molecular formula is C23H31N5O6S. The van der Waals surface area contributed by atoms with E-state index in [2.05, 4.69) is 28.7 Å². The van der Waals surface area contributed by atoms with Crippen LogP contribution in [-0.4, -0.2) is 116 Å². The molecule has 0 aliphatic carbocycles. The van der Waals surface area contributed by atoms with Crippen molar-refractivity contribution in [3.63, 3.8) is 0 Å². The number of aliphatic hydroxyl groups is 4. The molecule has 0 fully saturated rings. The molecule has 0 saturated heterocycles. The number of nitrogens with zero attached hydrogens (tertiary/aromatic N) is 5. The van der Waals surface area contributed by atoms with Gasteiger partial charge in [-0.3, -0.25) is 19.9 Å². The highest BCUT2D eigenvalue weighted by molar-refractivity contribution is 7.99. The molecule has 4 N–H and O–H groups in total. The number of rotatable bonds is 14. The number of aliphatic hydroxyl groups excluding tert-OH is 4. The number of fused-ring (bicyclic) bond motifs is 1. The molecule has 12 heteroatoms. The van der Waals surface area contributed by atoms with E-state index in [1.54, 1.807) is 6.07 Å². The first-order valence-corrected chi connectivity index (χ1v) is 12.1. The average molecular weight is 506 g/mol. The highest BCUT2D eigenvalue weighted by Gasteiger charge is 2.14. The molecule has 2 aromatic rings.